The predicted molar refractivity (Wildman–Crippen MR) is 96.7 cm³/mol. The molecule has 0 N–H and O–H groups in total. The first kappa shape index (κ1) is 16.8. The fraction of sp³-hybridized carbons (Fsp3) is 0.316. The molecule has 0 aromatic heterocycles. The quantitative estimate of drug-likeness (QED) is 0.775. The molecule has 1 atom stereocenters. The summed E-state index contributed by atoms with van der Waals surface area (Å²) in [7, 11) is 3.25. The van der Waals surface area contributed by atoms with Crippen molar-refractivity contribution in [1.82, 2.24) is 4.90 Å². The van der Waals surface area contributed by atoms with Crippen molar-refractivity contribution in [3.05, 3.63) is 58.1 Å². The molecule has 0 aliphatic carbocycles. The van der Waals surface area contributed by atoms with Crippen LogP contribution in [0.1, 0.15) is 34.8 Å². The Bertz CT molecular complexity index is 730. The van der Waals surface area contributed by atoms with Crippen LogP contribution in [0.4, 0.5) is 0 Å². The van der Waals surface area contributed by atoms with E-state index in [0.29, 0.717) is 17.1 Å². The molecule has 3 rings (SSSR count). The number of likely N-dealkylation sites (tertiary alicyclic amines) is 1. The number of nitrogens with zero attached hydrogens (tertiary/aromatic N) is 1. The molecule has 1 heterocycles. The SMILES string of the molecule is COc1ccc([C@H]2CCCN2C(=O)c2ccc(Br)cc2)cc1OC. The number of methoxy groups -OCH3 is 2. The Labute approximate surface area is 150 Å². The molecule has 0 unspecified atom stereocenters. The lowest BCUT2D eigenvalue weighted by atomic mass is 10.0. The topological polar surface area (TPSA) is 38.8 Å². The summed E-state index contributed by atoms with van der Waals surface area (Å²) in [5, 5.41) is 0. The van der Waals surface area contributed by atoms with Gasteiger partial charge < -0.3 is 14.4 Å². The van der Waals surface area contributed by atoms with Gasteiger partial charge in [-0.1, -0.05) is 22.0 Å². The summed E-state index contributed by atoms with van der Waals surface area (Å²) in [5.74, 6) is 1.46. The third kappa shape index (κ3) is 3.26. The normalized spacial score (nSPS) is 17.0. The molecule has 0 spiro atoms. The van der Waals surface area contributed by atoms with Crippen molar-refractivity contribution in [2.45, 2.75) is 18.9 Å². The van der Waals surface area contributed by atoms with Crippen LogP contribution in [0.3, 0.4) is 0 Å². The lowest BCUT2D eigenvalue weighted by molar-refractivity contribution is 0.0735. The number of halogens is 1. The van der Waals surface area contributed by atoms with E-state index >= 15 is 0 Å². The highest BCUT2D eigenvalue weighted by Crippen LogP contribution is 2.37. The highest BCUT2D eigenvalue weighted by molar-refractivity contribution is 9.10. The summed E-state index contributed by atoms with van der Waals surface area (Å²) in [6, 6.07) is 13.5. The van der Waals surface area contributed by atoms with Crippen LogP contribution < -0.4 is 9.47 Å². The van der Waals surface area contributed by atoms with E-state index in [0.717, 1.165) is 29.4 Å². The van der Waals surface area contributed by atoms with Crippen molar-refractivity contribution in [1.29, 1.82) is 0 Å². The van der Waals surface area contributed by atoms with Crippen LogP contribution in [-0.2, 0) is 0 Å². The van der Waals surface area contributed by atoms with Gasteiger partial charge in [0.15, 0.2) is 11.5 Å². The van der Waals surface area contributed by atoms with E-state index in [-0.39, 0.29) is 11.9 Å². The Morgan fingerprint density at radius 2 is 1.79 bits per heavy atom. The zero-order valence-electron chi connectivity index (χ0n) is 13.8. The summed E-state index contributed by atoms with van der Waals surface area (Å²) in [6.07, 6.45) is 1.96. The second kappa shape index (κ2) is 7.26. The molecule has 2 aromatic carbocycles. The second-order valence-corrected chi connectivity index (χ2v) is 6.69. The van der Waals surface area contributed by atoms with E-state index in [1.165, 1.54) is 0 Å². The Hall–Kier alpha value is -2.01. The molecule has 1 amide bonds. The van der Waals surface area contributed by atoms with Crippen LogP contribution in [0.2, 0.25) is 0 Å². The fourth-order valence-corrected chi connectivity index (χ4v) is 3.44. The summed E-state index contributed by atoms with van der Waals surface area (Å²) >= 11 is 3.41. The van der Waals surface area contributed by atoms with E-state index in [1.54, 1.807) is 14.2 Å². The molecular weight excluding hydrogens is 370 g/mol. The lowest BCUT2D eigenvalue weighted by Gasteiger charge is -2.26. The average Bonchev–Trinajstić information content (AvgIpc) is 3.10. The molecule has 2 aromatic rings. The van der Waals surface area contributed by atoms with Gasteiger partial charge in [0, 0.05) is 16.6 Å². The number of benzene rings is 2. The average molecular weight is 390 g/mol. The number of rotatable bonds is 4. The predicted octanol–water partition coefficient (Wildman–Crippen LogP) is 4.44. The standard InChI is InChI=1S/C19H20BrNO3/c1-23-17-10-7-14(12-18(17)24-2)16-4-3-11-21(16)19(22)13-5-8-15(20)9-6-13/h5-10,12,16H,3-4,11H2,1-2H3/t16-/m1/s1. The van der Waals surface area contributed by atoms with Gasteiger partial charge in [0.05, 0.1) is 20.3 Å². The van der Waals surface area contributed by atoms with Gasteiger partial charge in [-0.3, -0.25) is 4.79 Å². The van der Waals surface area contributed by atoms with Gasteiger partial charge in [-0.15, -0.1) is 0 Å². The summed E-state index contributed by atoms with van der Waals surface area (Å²) in [5.41, 5.74) is 1.79. The van der Waals surface area contributed by atoms with Crippen molar-refractivity contribution in [2.24, 2.45) is 0 Å². The maximum absolute atomic E-state index is 12.9. The van der Waals surface area contributed by atoms with Crippen LogP contribution in [0.25, 0.3) is 0 Å². The van der Waals surface area contributed by atoms with Crippen molar-refractivity contribution < 1.29 is 14.3 Å². The molecule has 126 valence electrons. The van der Waals surface area contributed by atoms with Crippen LogP contribution in [0.15, 0.2) is 46.9 Å². The maximum atomic E-state index is 12.9. The molecule has 0 bridgehead atoms. The monoisotopic (exact) mass is 389 g/mol. The third-order valence-corrected chi connectivity index (χ3v) is 4.93. The van der Waals surface area contributed by atoms with Gasteiger partial charge >= 0.3 is 0 Å². The molecule has 4 nitrogen and oxygen atoms in total. The fourth-order valence-electron chi connectivity index (χ4n) is 3.17. The lowest BCUT2D eigenvalue weighted by Crippen LogP contribution is -2.30. The second-order valence-electron chi connectivity index (χ2n) is 5.78. The first-order valence-electron chi connectivity index (χ1n) is 7.92. The Morgan fingerprint density at radius 3 is 2.46 bits per heavy atom. The Kier molecular flexibility index (Phi) is 5.09. The minimum Gasteiger partial charge on any atom is -0.493 e. The van der Waals surface area contributed by atoms with Gasteiger partial charge in [-0.05, 0) is 54.8 Å². The van der Waals surface area contributed by atoms with E-state index in [4.69, 9.17) is 9.47 Å². The number of ether oxygens (including phenoxy) is 2. The van der Waals surface area contributed by atoms with Crippen LogP contribution in [0.5, 0.6) is 11.5 Å². The van der Waals surface area contributed by atoms with E-state index < -0.39 is 0 Å². The Morgan fingerprint density at radius 1 is 1.08 bits per heavy atom. The van der Waals surface area contributed by atoms with Gasteiger partial charge in [0.25, 0.3) is 5.91 Å². The number of hydrogen-bond donors (Lipinski definition) is 0. The number of amides is 1. The van der Waals surface area contributed by atoms with Gasteiger partial charge in [0.1, 0.15) is 0 Å². The molecule has 1 aliphatic rings. The zero-order valence-corrected chi connectivity index (χ0v) is 15.4. The summed E-state index contributed by atoms with van der Waals surface area (Å²) in [4.78, 5) is 14.8. The minimum atomic E-state index is 0.0692. The van der Waals surface area contributed by atoms with Crippen LogP contribution in [0, 0.1) is 0 Å². The molecule has 0 saturated carbocycles. The molecular formula is C19H20BrNO3. The van der Waals surface area contributed by atoms with Crippen LogP contribution in [-0.4, -0.2) is 31.6 Å². The zero-order chi connectivity index (χ0) is 17.1. The van der Waals surface area contributed by atoms with Crippen molar-refractivity contribution >= 4 is 21.8 Å². The maximum Gasteiger partial charge on any atom is 0.254 e. The van der Waals surface area contributed by atoms with E-state index in [2.05, 4.69) is 15.9 Å². The highest BCUT2D eigenvalue weighted by atomic mass is 79.9. The molecule has 1 saturated heterocycles. The van der Waals surface area contributed by atoms with E-state index in [9.17, 15) is 4.79 Å². The summed E-state index contributed by atoms with van der Waals surface area (Å²) < 4.78 is 11.7. The first-order chi connectivity index (χ1) is 11.6. The number of hydrogen-bond acceptors (Lipinski definition) is 3. The molecule has 0 radical (unpaired) electrons. The molecule has 1 fully saturated rings. The van der Waals surface area contributed by atoms with Crippen molar-refractivity contribution in [3.63, 3.8) is 0 Å². The molecule has 1 aliphatic heterocycles. The minimum absolute atomic E-state index is 0.0692. The highest BCUT2D eigenvalue weighted by Gasteiger charge is 2.31. The number of carbonyl (C=O) groups excluding carboxylic acids is 1. The smallest absolute Gasteiger partial charge is 0.254 e. The molecule has 5 heteroatoms. The largest absolute Gasteiger partial charge is 0.493 e. The van der Waals surface area contributed by atoms with Gasteiger partial charge in [-0.2, -0.15) is 0 Å². The summed E-state index contributed by atoms with van der Waals surface area (Å²) in [6.45, 7) is 0.772. The number of carbonyl (C=O) groups is 1. The molecule has 24 heavy (non-hydrogen) atoms. The third-order valence-electron chi connectivity index (χ3n) is 4.40. The van der Waals surface area contributed by atoms with Crippen molar-refractivity contribution in [3.8, 4) is 11.5 Å². The first-order valence-corrected chi connectivity index (χ1v) is 8.72. The van der Waals surface area contributed by atoms with Gasteiger partial charge in [0.2, 0.25) is 0 Å². The van der Waals surface area contributed by atoms with E-state index in [1.807, 2.05) is 47.4 Å². The van der Waals surface area contributed by atoms with Crippen molar-refractivity contribution in [2.75, 3.05) is 20.8 Å². The van der Waals surface area contributed by atoms with Gasteiger partial charge in [-0.25, -0.2) is 0 Å². The Balaban J connectivity index is 1.87. The van der Waals surface area contributed by atoms with Crippen LogP contribution >= 0.6 is 15.9 Å².